The molecule has 0 heterocycles. The lowest BCUT2D eigenvalue weighted by molar-refractivity contribution is 0.184. The molecule has 138 valence electrons. The monoisotopic (exact) mass is 352 g/mol. The van der Waals surface area contributed by atoms with Crippen LogP contribution in [0.1, 0.15) is 42.4 Å². The fraction of sp³-hybridized carbons (Fsp3) is 0.391. The lowest BCUT2D eigenvalue weighted by Crippen LogP contribution is -2.00. The standard InChI is InChI=1S/C23H28O3/c1-24-14-5-6-15-26-21-13-12-19-16-20(9-7-8-18(19)17-21)22-10-3-4-11-23(22)25-2/h3-4,10-13,16-17H,5-9,14-15H2,1-2H3. The number of aryl methyl sites for hydroxylation is 1. The van der Waals surface area contributed by atoms with E-state index in [-0.39, 0.29) is 0 Å². The maximum atomic E-state index is 5.91. The molecular weight excluding hydrogens is 324 g/mol. The highest BCUT2D eigenvalue weighted by Crippen LogP contribution is 2.35. The van der Waals surface area contributed by atoms with Crippen LogP contribution in [0.5, 0.6) is 11.5 Å². The van der Waals surface area contributed by atoms with Crippen LogP contribution < -0.4 is 9.47 Å². The van der Waals surface area contributed by atoms with Gasteiger partial charge in [-0.05, 0) is 67.0 Å². The van der Waals surface area contributed by atoms with Crippen LogP contribution in [0.15, 0.2) is 42.5 Å². The van der Waals surface area contributed by atoms with Crippen molar-refractivity contribution in [2.24, 2.45) is 0 Å². The van der Waals surface area contributed by atoms with Crippen molar-refractivity contribution in [3.8, 4) is 11.5 Å². The van der Waals surface area contributed by atoms with Crippen LogP contribution in [-0.4, -0.2) is 27.4 Å². The summed E-state index contributed by atoms with van der Waals surface area (Å²) in [5.41, 5.74) is 5.19. The number of allylic oxidation sites excluding steroid dienone is 1. The molecule has 1 aliphatic carbocycles. The van der Waals surface area contributed by atoms with Crippen LogP contribution in [-0.2, 0) is 11.2 Å². The summed E-state index contributed by atoms with van der Waals surface area (Å²) in [6, 6.07) is 14.7. The summed E-state index contributed by atoms with van der Waals surface area (Å²) < 4.78 is 16.5. The van der Waals surface area contributed by atoms with E-state index in [1.165, 1.54) is 22.3 Å². The minimum Gasteiger partial charge on any atom is -0.496 e. The van der Waals surface area contributed by atoms with Gasteiger partial charge in [0.2, 0.25) is 0 Å². The molecule has 3 heteroatoms. The van der Waals surface area contributed by atoms with Gasteiger partial charge in [0, 0.05) is 19.3 Å². The molecule has 0 bridgehead atoms. The number of hydrogen-bond acceptors (Lipinski definition) is 3. The van der Waals surface area contributed by atoms with E-state index in [0.29, 0.717) is 0 Å². The normalized spacial score (nSPS) is 13.5. The van der Waals surface area contributed by atoms with Gasteiger partial charge in [0.1, 0.15) is 11.5 Å². The predicted octanol–water partition coefficient (Wildman–Crippen LogP) is 5.38. The third-order valence-corrected chi connectivity index (χ3v) is 4.80. The molecule has 0 unspecified atom stereocenters. The first-order valence-corrected chi connectivity index (χ1v) is 9.40. The van der Waals surface area contributed by atoms with Crippen molar-refractivity contribution in [3.05, 3.63) is 59.2 Å². The van der Waals surface area contributed by atoms with Gasteiger partial charge in [-0.15, -0.1) is 0 Å². The van der Waals surface area contributed by atoms with Gasteiger partial charge in [-0.2, -0.15) is 0 Å². The van der Waals surface area contributed by atoms with Crippen molar-refractivity contribution >= 4 is 11.6 Å². The maximum absolute atomic E-state index is 5.91. The van der Waals surface area contributed by atoms with Crippen LogP contribution in [0.2, 0.25) is 0 Å². The minimum atomic E-state index is 0.741. The summed E-state index contributed by atoms with van der Waals surface area (Å²) in [5, 5.41) is 0. The number of methoxy groups -OCH3 is 2. The molecule has 0 N–H and O–H groups in total. The lowest BCUT2D eigenvalue weighted by atomic mass is 9.99. The maximum Gasteiger partial charge on any atom is 0.126 e. The fourth-order valence-electron chi connectivity index (χ4n) is 3.42. The molecule has 0 fully saturated rings. The first-order chi connectivity index (χ1) is 12.8. The highest BCUT2D eigenvalue weighted by molar-refractivity contribution is 5.85. The van der Waals surface area contributed by atoms with Crippen molar-refractivity contribution in [3.63, 3.8) is 0 Å². The molecule has 0 amide bonds. The smallest absolute Gasteiger partial charge is 0.126 e. The van der Waals surface area contributed by atoms with Gasteiger partial charge < -0.3 is 14.2 Å². The molecule has 2 aromatic carbocycles. The Morgan fingerprint density at radius 1 is 0.923 bits per heavy atom. The quantitative estimate of drug-likeness (QED) is 0.597. The Hall–Kier alpha value is -2.26. The zero-order valence-electron chi connectivity index (χ0n) is 15.8. The van der Waals surface area contributed by atoms with Gasteiger partial charge in [0.25, 0.3) is 0 Å². The minimum absolute atomic E-state index is 0.741. The summed E-state index contributed by atoms with van der Waals surface area (Å²) in [6.07, 6.45) is 7.62. The predicted molar refractivity (Wildman–Crippen MR) is 107 cm³/mol. The van der Waals surface area contributed by atoms with Crippen molar-refractivity contribution in [1.29, 1.82) is 0 Å². The Kier molecular flexibility index (Phi) is 6.73. The third-order valence-electron chi connectivity index (χ3n) is 4.80. The van der Waals surface area contributed by atoms with Crippen LogP contribution in [0, 0.1) is 0 Å². The average molecular weight is 352 g/mol. The zero-order valence-corrected chi connectivity index (χ0v) is 15.8. The van der Waals surface area contributed by atoms with Crippen molar-refractivity contribution in [2.45, 2.75) is 32.1 Å². The number of rotatable bonds is 8. The van der Waals surface area contributed by atoms with E-state index in [4.69, 9.17) is 14.2 Å². The van der Waals surface area contributed by atoms with E-state index in [1.807, 2.05) is 12.1 Å². The number of fused-ring (bicyclic) bond motifs is 1. The van der Waals surface area contributed by atoms with Crippen molar-refractivity contribution < 1.29 is 14.2 Å². The van der Waals surface area contributed by atoms with Gasteiger partial charge in [-0.1, -0.05) is 30.3 Å². The topological polar surface area (TPSA) is 27.7 Å². The number of hydrogen-bond donors (Lipinski definition) is 0. The van der Waals surface area contributed by atoms with E-state index in [2.05, 4.69) is 36.4 Å². The summed E-state index contributed by atoms with van der Waals surface area (Å²) in [4.78, 5) is 0. The molecule has 1 aliphatic rings. The summed E-state index contributed by atoms with van der Waals surface area (Å²) in [7, 11) is 3.47. The Morgan fingerprint density at radius 3 is 2.62 bits per heavy atom. The van der Waals surface area contributed by atoms with Crippen LogP contribution >= 0.6 is 0 Å². The number of para-hydroxylation sites is 1. The molecule has 0 saturated carbocycles. The first kappa shape index (κ1) is 18.5. The molecule has 26 heavy (non-hydrogen) atoms. The second-order valence-electron chi connectivity index (χ2n) is 6.63. The fourth-order valence-corrected chi connectivity index (χ4v) is 3.42. The van der Waals surface area contributed by atoms with Crippen molar-refractivity contribution in [2.75, 3.05) is 27.4 Å². The summed E-state index contributed by atoms with van der Waals surface area (Å²) >= 11 is 0. The van der Waals surface area contributed by atoms with E-state index >= 15 is 0 Å². The lowest BCUT2D eigenvalue weighted by Gasteiger charge is -2.11. The Balaban J connectivity index is 1.75. The van der Waals surface area contributed by atoms with E-state index < -0.39 is 0 Å². The van der Waals surface area contributed by atoms with E-state index in [9.17, 15) is 0 Å². The average Bonchev–Trinajstić information content (AvgIpc) is 2.89. The molecule has 0 radical (unpaired) electrons. The molecular formula is C23H28O3. The largest absolute Gasteiger partial charge is 0.496 e. The molecule has 0 aromatic heterocycles. The molecule has 0 aliphatic heterocycles. The molecule has 2 aromatic rings. The van der Waals surface area contributed by atoms with Crippen LogP contribution in [0.4, 0.5) is 0 Å². The van der Waals surface area contributed by atoms with Gasteiger partial charge in [0.15, 0.2) is 0 Å². The number of ether oxygens (including phenoxy) is 3. The van der Waals surface area contributed by atoms with Gasteiger partial charge in [-0.3, -0.25) is 0 Å². The van der Waals surface area contributed by atoms with Gasteiger partial charge >= 0.3 is 0 Å². The highest BCUT2D eigenvalue weighted by Gasteiger charge is 2.14. The molecule has 0 saturated heterocycles. The third kappa shape index (κ3) is 4.67. The number of unbranched alkanes of at least 4 members (excludes halogenated alkanes) is 1. The SMILES string of the molecule is COCCCCOc1ccc2c(c1)CCCC(c1ccccc1OC)=C2. The van der Waals surface area contributed by atoms with Crippen LogP contribution in [0.3, 0.4) is 0 Å². The van der Waals surface area contributed by atoms with Crippen molar-refractivity contribution in [1.82, 2.24) is 0 Å². The Morgan fingerprint density at radius 2 is 1.77 bits per heavy atom. The number of benzene rings is 2. The molecule has 3 nitrogen and oxygen atoms in total. The molecule has 3 rings (SSSR count). The zero-order chi connectivity index (χ0) is 18.2. The second kappa shape index (κ2) is 9.44. The van der Waals surface area contributed by atoms with E-state index in [1.54, 1.807) is 14.2 Å². The Labute approximate surface area is 156 Å². The van der Waals surface area contributed by atoms with Gasteiger partial charge in [0.05, 0.1) is 13.7 Å². The van der Waals surface area contributed by atoms with E-state index in [0.717, 1.165) is 56.8 Å². The second-order valence-corrected chi connectivity index (χ2v) is 6.63. The molecule has 0 atom stereocenters. The Bertz CT molecular complexity index is 749. The van der Waals surface area contributed by atoms with Gasteiger partial charge in [-0.25, -0.2) is 0 Å². The molecule has 0 spiro atoms. The first-order valence-electron chi connectivity index (χ1n) is 9.40. The summed E-state index contributed by atoms with van der Waals surface area (Å²) in [5.74, 6) is 1.91. The summed E-state index contributed by atoms with van der Waals surface area (Å²) in [6.45, 7) is 1.54. The van der Waals surface area contributed by atoms with Crippen LogP contribution in [0.25, 0.3) is 11.6 Å². The highest BCUT2D eigenvalue weighted by atomic mass is 16.5.